The van der Waals surface area contributed by atoms with E-state index >= 15 is 0 Å². The molecule has 0 saturated carbocycles. The van der Waals surface area contributed by atoms with Gasteiger partial charge in [0.1, 0.15) is 11.5 Å². The van der Waals surface area contributed by atoms with Crippen LogP contribution in [0, 0.1) is 0 Å². The van der Waals surface area contributed by atoms with E-state index < -0.39 is 38.1 Å². The summed E-state index contributed by atoms with van der Waals surface area (Å²) in [5.41, 5.74) is -0.755. The Morgan fingerprint density at radius 2 is 1.76 bits per heavy atom. The van der Waals surface area contributed by atoms with Gasteiger partial charge in [0.05, 0.1) is 17.6 Å². The minimum atomic E-state index is -4.67. The minimum absolute atomic E-state index is 0.338. The van der Waals surface area contributed by atoms with Crippen molar-refractivity contribution >= 4 is 21.4 Å². The minimum Gasteiger partial charge on any atom is -0.497 e. The zero-order valence-corrected chi connectivity index (χ0v) is 13.8. The Balaban J connectivity index is 2.13. The number of anilines is 1. The van der Waals surface area contributed by atoms with E-state index in [2.05, 4.69) is 5.32 Å². The van der Waals surface area contributed by atoms with Gasteiger partial charge in [-0.2, -0.15) is 13.2 Å². The Kier molecular flexibility index (Phi) is 5.36. The van der Waals surface area contributed by atoms with Crippen LogP contribution in [-0.2, 0) is 20.8 Å². The van der Waals surface area contributed by atoms with E-state index in [1.165, 1.54) is 19.2 Å². The molecule has 2 aromatic carbocycles. The molecule has 1 amide bonds. The van der Waals surface area contributed by atoms with E-state index in [9.17, 15) is 26.4 Å². The Morgan fingerprint density at radius 3 is 2.32 bits per heavy atom. The maximum absolute atomic E-state index is 12.7. The molecule has 0 fully saturated rings. The normalized spacial score (nSPS) is 11.8. The number of ether oxygens (including phenoxy) is 1. The Morgan fingerprint density at radius 1 is 1.12 bits per heavy atom. The molecule has 0 bridgehead atoms. The van der Waals surface area contributed by atoms with Crippen LogP contribution in [0.3, 0.4) is 0 Å². The van der Waals surface area contributed by atoms with Gasteiger partial charge in [-0.05, 0) is 42.5 Å². The zero-order valence-electron chi connectivity index (χ0n) is 13.0. The number of rotatable bonds is 5. The summed E-state index contributed by atoms with van der Waals surface area (Å²) < 4.78 is 67.3. The van der Waals surface area contributed by atoms with Crippen molar-refractivity contribution in [3.05, 3.63) is 54.1 Å². The monoisotopic (exact) mass is 373 g/mol. The molecule has 25 heavy (non-hydrogen) atoms. The average Bonchev–Trinajstić information content (AvgIpc) is 2.54. The number of methoxy groups -OCH3 is 1. The van der Waals surface area contributed by atoms with Crippen LogP contribution in [0.4, 0.5) is 18.9 Å². The van der Waals surface area contributed by atoms with Gasteiger partial charge in [0, 0.05) is 5.69 Å². The summed E-state index contributed by atoms with van der Waals surface area (Å²) >= 11 is 0. The number of benzene rings is 2. The third kappa shape index (κ3) is 4.96. The fourth-order valence-electron chi connectivity index (χ4n) is 1.99. The molecule has 2 aromatic rings. The number of carbonyl (C=O) groups excluding carboxylic acids is 1. The third-order valence-electron chi connectivity index (χ3n) is 3.22. The van der Waals surface area contributed by atoms with Gasteiger partial charge in [-0.1, -0.05) is 6.07 Å². The van der Waals surface area contributed by atoms with E-state index in [0.29, 0.717) is 17.5 Å². The number of alkyl halides is 3. The van der Waals surface area contributed by atoms with E-state index in [0.717, 1.165) is 18.2 Å². The summed E-state index contributed by atoms with van der Waals surface area (Å²) in [6.07, 6.45) is -4.67. The number of amides is 1. The number of halogens is 3. The van der Waals surface area contributed by atoms with E-state index in [1.54, 1.807) is 12.1 Å². The quantitative estimate of drug-likeness (QED) is 0.874. The second kappa shape index (κ2) is 7.14. The van der Waals surface area contributed by atoms with Gasteiger partial charge < -0.3 is 10.1 Å². The molecule has 1 N–H and O–H groups in total. The lowest BCUT2D eigenvalue weighted by molar-refractivity contribution is -0.137. The first-order valence-corrected chi connectivity index (χ1v) is 8.61. The summed E-state index contributed by atoms with van der Waals surface area (Å²) in [4.78, 5) is 11.3. The van der Waals surface area contributed by atoms with E-state index in [-0.39, 0.29) is 0 Å². The predicted octanol–water partition coefficient (Wildman–Crippen LogP) is 3.13. The van der Waals surface area contributed by atoms with Crippen molar-refractivity contribution in [3.8, 4) is 5.75 Å². The number of carbonyl (C=O) groups is 1. The van der Waals surface area contributed by atoms with Crippen LogP contribution < -0.4 is 10.1 Å². The SMILES string of the molecule is COc1ccc(NC(=O)CS(=O)(=O)c2cccc(C(F)(F)F)c2)cc1. The second-order valence-corrected chi connectivity index (χ2v) is 7.05. The molecule has 134 valence electrons. The fourth-order valence-corrected chi connectivity index (χ4v) is 3.17. The Bertz CT molecular complexity index is 862. The maximum Gasteiger partial charge on any atom is 0.416 e. The molecule has 0 aromatic heterocycles. The van der Waals surface area contributed by atoms with Crippen molar-refractivity contribution in [1.29, 1.82) is 0 Å². The molecule has 0 aliphatic rings. The lowest BCUT2D eigenvalue weighted by atomic mass is 10.2. The molecule has 0 heterocycles. The van der Waals surface area contributed by atoms with Crippen molar-refractivity contribution in [3.63, 3.8) is 0 Å². The molecule has 9 heteroatoms. The molecular weight excluding hydrogens is 359 g/mol. The topological polar surface area (TPSA) is 72.5 Å². The van der Waals surface area contributed by atoms with Gasteiger partial charge in [-0.3, -0.25) is 4.79 Å². The van der Waals surface area contributed by atoms with Crippen molar-refractivity contribution in [2.75, 3.05) is 18.2 Å². The highest BCUT2D eigenvalue weighted by atomic mass is 32.2. The molecule has 0 saturated heterocycles. The van der Waals surface area contributed by atoms with Crippen molar-refractivity contribution in [2.24, 2.45) is 0 Å². The standard InChI is InChI=1S/C16H14F3NO4S/c1-24-13-7-5-12(6-8-13)20-15(21)10-25(22,23)14-4-2-3-11(9-14)16(17,18)19/h2-9H,10H2,1H3,(H,20,21). The largest absolute Gasteiger partial charge is 0.497 e. The van der Waals surface area contributed by atoms with E-state index in [4.69, 9.17) is 4.74 Å². The Hall–Kier alpha value is -2.55. The molecule has 0 aliphatic heterocycles. The van der Waals surface area contributed by atoms with E-state index in [1.807, 2.05) is 0 Å². The molecule has 0 spiro atoms. The first-order valence-electron chi connectivity index (χ1n) is 6.96. The van der Waals surface area contributed by atoms with Crippen LogP contribution in [0.2, 0.25) is 0 Å². The number of hydrogen-bond acceptors (Lipinski definition) is 4. The van der Waals surface area contributed by atoms with Gasteiger partial charge in [0.2, 0.25) is 5.91 Å². The number of sulfone groups is 1. The predicted molar refractivity (Wildman–Crippen MR) is 85.1 cm³/mol. The molecule has 0 atom stereocenters. The lowest BCUT2D eigenvalue weighted by Gasteiger charge is -2.10. The van der Waals surface area contributed by atoms with Crippen LogP contribution in [-0.4, -0.2) is 27.2 Å². The molecule has 0 radical (unpaired) electrons. The van der Waals surface area contributed by atoms with Crippen LogP contribution >= 0.6 is 0 Å². The zero-order chi connectivity index (χ0) is 18.7. The number of nitrogens with one attached hydrogen (secondary N) is 1. The molecule has 0 aliphatic carbocycles. The van der Waals surface area contributed by atoms with Crippen molar-refractivity contribution in [2.45, 2.75) is 11.1 Å². The third-order valence-corrected chi connectivity index (χ3v) is 4.83. The van der Waals surface area contributed by atoms with Gasteiger partial charge in [-0.25, -0.2) is 8.42 Å². The smallest absolute Gasteiger partial charge is 0.416 e. The number of hydrogen-bond donors (Lipinski definition) is 1. The van der Waals surface area contributed by atoms with Crippen LogP contribution in [0.1, 0.15) is 5.56 Å². The highest BCUT2D eigenvalue weighted by Gasteiger charge is 2.32. The molecule has 0 unspecified atom stereocenters. The molecular formula is C16H14F3NO4S. The van der Waals surface area contributed by atoms with Crippen molar-refractivity contribution < 1.29 is 31.1 Å². The first kappa shape index (κ1) is 18.8. The lowest BCUT2D eigenvalue weighted by Crippen LogP contribution is -2.23. The van der Waals surface area contributed by atoms with Gasteiger partial charge in [-0.15, -0.1) is 0 Å². The van der Waals surface area contributed by atoms with Gasteiger partial charge in [0.25, 0.3) is 0 Å². The molecule has 5 nitrogen and oxygen atoms in total. The fraction of sp³-hybridized carbons (Fsp3) is 0.188. The average molecular weight is 373 g/mol. The first-order chi connectivity index (χ1) is 11.6. The van der Waals surface area contributed by atoms with Gasteiger partial charge in [0.15, 0.2) is 9.84 Å². The molecule has 2 rings (SSSR count). The summed E-state index contributed by atoms with van der Waals surface area (Å²) in [5, 5.41) is 2.37. The summed E-state index contributed by atoms with van der Waals surface area (Å²) in [7, 11) is -2.74. The summed E-state index contributed by atoms with van der Waals surface area (Å²) in [6, 6.07) is 9.42. The highest BCUT2D eigenvalue weighted by molar-refractivity contribution is 7.92. The van der Waals surface area contributed by atoms with Crippen LogP contribution in [0.25, 0.3) is 0 Å². The maximum atomic E-state index is 12.7. The summed E-state index contributed by atoms with van der Waals surface area (Å²) in [6.45, 7) is 0. The highest BCUT2D eigenvalue weighted by Crippen LogP contribution is 2.30. The van der Waals surface area contributed by atoms with Gasteiger partial charge >= 0.3 is 6.18 Å². The van der Waals surface area contributed by atoms with Crippen molar-refractivity contribution in [1.82, 2.24) is 0 Å². The Labute approximate surface area is 142 Å². The van der Waals surface area contributed by atoms with Crippen LogP contribution in [0.15, 0.2) is 53.4 Å². The second-order valence-electron chi connectivity index (χ2n) is 5.06. The van der Waals surface area contributed by atoms with Crippen LogP contribution in [0.5, 0.6) is 5.75 Å². The summed E-state index contributed by atoms with van der Waals surface area (Å²) in [5.74, 6) is -1.28.